The van der Waals surface area contributed by atoms with Crippen molar-refractivity contribution in [2.75, 3.05) is 11.1 Å². The minimum Gasteiger partial charge on any atom is -0.325 e. The molecule has 5 nitrogen and oxygen atoms in total. The maximum Gasteiger partial charge on any atom is 0.271 e. The maximum atomic E-state index is 12.3. The number of amides is 1. The van der Waals surface area contributed by atoms with E-state index in [-0.39, 0.29) is 17.2 Å². The lowest BCUT2D eigenvalue weighted by atomic mass is 10.1. The zero-order chi connectivity index (χ0) is 18.5. The van der Waals surface area contributed by atoms with E-state index in [1.807, 2.05) is 35.7 Å². The summed E-state index contributed by atoms with van der Waals surface area (Å²) in [6, 6.07) is 9.78. The van der Waals surface area contributed by atoms with Crippen LogP contribution in [0, 0.1) is 0 Å². The van der Waals surface area contributed by atoms with Gasteiger partial charge in [-0.2, -0.15) is 0 Å². The van der Waals surface area contributed by atoms with Crippen molar-refractivity contribution in [2.45, 2.75) is 31.3 Å². The third-order valence-electron chi connectivity index (χ3n) is 4.04. The van der Waals surface area contributed by atoms with E-state index in [9.17, 15) is 9.59 Å². The number of fused-ring (bicyclic) bond motifs is 1. The highest BCUT2D eigenvalue weighted by molar-refractivity contribution is 7.99. The normalized spacial score (nSPS) is 11.0. The number of hydrogen-bond acceptors (Lipinski definition) is 5. The summed E-state index contributed by atoms with van der Waals surface area (Å²) in [5.41, 5.74) is 2.67. The van der Waals surface area contributed by atoms with Gasteiger partial charge in [0.15, 0.2) is 5.16 Å². The average molecular weight is 388 g/mol. The van der Waals surface area contributed by atoms with Crippen LogP contribution in [0.2, 0.25) is 0 Å². The summed E-state index contributed by atoms with van der Waals surface area (Å²) in [7, 11) is 1.68. The second-order valence-corrected chi connectivity index (χ2v) is 7.89. The molecule has 1 aromatic carbocycles. The van der Waals surface area contributed by atoms with Crippen LogP contribution in [0.15, 0.2) is 45.7 Å². The predicted octanol–water partition coefficient (Wildman–Crippen LogP) is 4.07. The van der Waals surface area contributed by atoms with Crippen molar-refractivity contribution in [3.05, 3.63) is 51.6 Å². The van der Waals surface area contributed by atoms with Gasteiger partial charge in [-0.05, 0) is 42.0 Å². The fraction of sp³-hybridized carbons (Fsp3) is 0.316. The van der Waals surface area contributed by atoms with E-state index in [1.165, 1.54) is 46.1 Å². The van der Waals surface area contributed by atoms with Crippen molar-refractivity contribution >= 4 is 44.9 Å². The molecule has 26 heavy (non-hydrogen) atoms. The molecule has 2 aromatic heterocycles. The first-order valence-corrected chi connectivity index (χ1v) is 10.4. The average Bonchev–Trinajstić information content (AvgIpc) is 3.11. The van der Waals surface area contributed by atoms with Gasteiger partial charge in [0, 0.05) is 12.7 Å². The number of anilines is 1. The highest BCUT2D eigenvalue weighted by Gasteiger charge is 2.12. The van der Waals surface area contributed by atoms with Gasteiger partial charge in [0.05, 0.1) is 11.3 Å². The van der Waals surface area contributed by atoms with E-state index in [4.69, 9.17) is 0 Å². The summed E-state index contributed by atoms with van der Waals surface area (Å²) in [5, 5.41) is 5.29. The molecule has 0 bridgehead atoms. The number of hydrogen-bond donors (Lipinski definition) is 1. The van der Waals surface area contributed by atoms with Crippen LogP contribution in [0.4, 0.5) is 5.69 Å². The SMILES string of the molecule is CCCCc1ccc(NC(=O)CSc2nc3ccsc3c(=O)n2C)cc1. The highest BCUT2D eigenvalue weighted by Crippen LogP contribution is 2.20. The largest absolute Gasteiger partial charge is 0.325 e. The number of thioether (sulfide) groups is 1. The molecule has 0 fully saturated rings. The number of carbonyl (C=O) groups excluding carboxylic acids is 1. The Morgan fingerprint density at radius 1 is 1.27 bits per heavy atom. The van der Waals surface area contributed by atoms with E-state index < -0.39 is 0 Å². The number of benzene rings is 1. The summed E-state index contributed by atoms with van der Waals surface area (Å²) in [4.78, 5) is 29.0. The van der Waals surface area contributed by atoms with Crippen LogP contribution in [0.5, 0.6) is 0 Å². The van der Waals surface area contributed by atoms with Gasteiger partial charge in [-0.1, -0.05) is 37.2 Å². The Balaban J connectivity index is 1.60. The number of carbonyl (C=O) groups is 1. The summed E-state index contributed by atoms with van der Waals surface area (Å²) < 4.78 is 2.14. The number of thiophene rings is 1. The molecule has 3 aromatic rings. The summed E-state index contributed by atoms with van der Waals surface area (Å²) in [5.74, 6) is 0.0871. The Morgan fingerprint density at radius 3 is 2.77 bits per heavy atom. The van der Waals surface area contributed by atoms with Crippen LogP contribution < -0.4 is 10.9 Å². The molecule has 0 spiro atoms. The van der Waals surface area contributed by atoms with Crippen molar-refractivity contribution in [3.63, 3.8) is 0 Å². The van der Waals surface area contributed by atoms with Gasteiger partial charge in [0.25, 0.3) is 5.56 Å². The first kappa shape index (κ1) is 18.7. The van der Waals surface area contributed by atoms with Gasteiger partial charge in [-0.15, -0.1) is 11.3 Å². The lowest BCUT2D eigenvalue weighted by Crippen LogP contribution is -2.20. The van der Waals surface area contributed by atoms with Crippen LogP contribution in [0.25, 0.3) is 10.2 Å². The molecule has 1 N–H and O–H groups in total. The molecule has 7 heteroatoms. The number of rotatable bonds is 7. The molecule has 3 rings (SSSR count). The Labute approximate surface area is 160 Å². The molecule has 0 aliphatic heterocycles. The number of nitrogens with zero attached hydrogens (tertiary/aromatic N) is 2. The molecule has 1 amide bonds. The van der Waals surface area contributed by atoms with E-state index in [1.54, 1.807) is 7.05 Å². The van der Waals surface area contributed by atoms with Crippen LogP contribution in [0.3, 0.4) is 0 Å². The van der Waals surface area contributed by atoms with E-state index in [0.29, 0.717) is 15.4 Å². The molecular weight excluding hydrogens is 366 g/mol. The smallest absolute Gasteiger partial charge is 0.271 e. The minimum absolute atomic E-state index is 0.0735. The van der Waals surface area contributed by atoms with E-state index >= 15 is 0 Å². The predicted molar refractivity (Wildman–Crippen MR) is 109 cm³/mol. The summed E-state index contributed by atoms with van der Waals surface area (Å²) >= 11 is 2.65. The van der Waals surface area contributed by atoms with Crippen molar-refractivity contribution in [1.82, 2.24) is 9.55 Å². The molecule has 0 atom stereocenters. The van der Waals surface area contributed by atoms with Crippen molar-refractivity contribution in [1.29, 1.82) is 0 Å². The van der Waals surface area contributed by atoms with Gasteiger partial charge < -0.3 is 5.32 Å². The number of nitrogens with one attached hydrogen (secondary N) is 1. The second-order valence-electron chi connectivity index (χ2n) is 6.03. The standard InChI is InChI=1S/C19H21N3O2S2/c1-3-4-5-13-6-8-14(9-7-13)20-16(23)12-26-19-21-15-10-11-25-17(15)18(24)22(19)2/h6-11H,3-5,12H2,1-2H3,(H,20,23). The molecular formula is C19H21N3O2S2. The monoisotopic (exact) mass is 387 g/mol. The molecule has 0 saturated heterocycles. The van der Waals surface area contributed by atoms with Crippen molar-refractivity contribution in [2.24, 2.45) is 7.05 Å². The van der Waals surface area contributed by atoms with Crippen molar-refractivity contribution in [3.8, 4) is 0 Å². The van der Waals surface area contributed by atoms with Gasteiger partial charge >= 0.3 is 0 Å². The minimum atomic E-state index is -0.115. The lowest BCUT2D eigenvalue weighted by Gasteiger charge is -2.08. The fourth-order valence-corrected chi connectivity index (χ4v) is 4.14. The molecule has 0 saturated carbocycles. The van der Waals surface area contributed by atoms with Crippen LogP contribution >= 0.6 is 23.1 Å². The summed E-state index contributed by atoms with van der Waals surface area (Å²) in [6.07, 6.45) is 3.40. The molecule has 2 heterocycles. The first-order valence-electron chi connectivity index (χ1n) is 8.54. The molecule has 0 aliphatic rings. The van der Waals surface area contributed by atoms with Crippen LogP contribution in [-0.4, -0.2) is 21.2 Å². The lowest BCUT2D eigenvalue weighted by molar-refractivity contribution is -0.113. The van der Waals surface area contributed by atoms with Crippen molar-refractivity contribution < 1.29 is 4.79 Å². The third kappa shape index (κ3) is 4.34. The molecule has 0 aliphatic carbocycles. The van der Waals surface area contributed by atoms with Crippen LogP contribution in [-0.2, 0) is 18.3 Å². The van der Waals surface area contributed by atoms with Gasteiger partial charge in [0.2, 0.25) is 5.91 Å². The molecule has 136 valence electrons. The first-order chi connectivity index (χ1) is 12.6. The van der Waals surface area contributed by atoms with E-state index in [2.05, 4.69) is 17.2 Å². The van der Waals surface area contributed by atoms with Gasteiger partial charge in [0.1, 0.15) is 4.70 Å². The Bertz CT molecular complexity index is 961. The number of aryl methyl sites for hydroxylation is 1. The number of aromatic nitrogens is 2. The Hall–Kier alpha value is -2.12. The zero-order valence-corrected chi connectivity index (χ0v) is 16.5. The van der Waals surface area contributed by atoms with Gasteiger partial charge in [-0.25, -0.2) is 4.98 Å². The topological polar surface area (TPSA) is 64.0 Å². The van der Waals surface area contributed by atoms with Gasteiger partial charge in [-0.3, -0.25) is 14.2 Å². The summed E-state index contributed by atoms with van der Waals surface area (Å²) in [6.45, 7) is 2.17. The quantitative estimate of drug-likeness (QED) is 0.490. The molecule has 0 unspecified atom stereocenters. The molecule has 0 radical (unpaired) electrons. The third-order valence-corrected chi connectivity index (χ3v) is 5.96. The highest BCUT2D eigenvalue weighted by atomic mass is 32.2. The van der Waals surface area contributed by atoms with E-state index in [0.717, 1.165) is 12.1 Å². The Kier molecular flexibility index (Phi) is 6.11. The Morgan fingerprint density at radius 2 is 2.04 bits per heavy atom. The fourth-order valence-electron chi connectivity index (χ4n) is 2.56. The zero-order valence-electron chi connectivity index (χ0n) is 14.8. The number of unbranched alkanes of at least 4 members (excludes halogenated alkanes) is 1. The maximum absolute atomic E-state index is 12.3. The van der Waals surface area contributed by atoms with Crippen LogP contribution in [0.1, 0.15) is 25.3 Å². The second kappa shape index (κ2) is 8.51.